The maximum Gasteiger partial charge on any atom is 0.352 e. The SMILES string of the molecule is O=C(O)C1=C[C@H]([C@H]2CC=CCC2)n2c(nc3ccccc32)N1. The maximum atomic E-state index is 11.4. The molecule has 2 N–H and O–H groups in total. The lowest BCUT2D eigenvalue weighted by molar-refractivity contribution is -0.132. The summed E-state index contributed by atoms with van der Waals surface area (Å²) in [6.07, 6.45) is 9.33. The Kier molecular flexibility index (Phi) is 2.99. The number of carbonyl (C=O) groups is 1. The van der Waals surface area contributed by atoms with Crippen LogP contribution >= 0.6 is 0 Å². The molecule has 2 aliphatic rings. The third-order valence-electron chi connectivity index (χ3n) is 4.50. The van der Waals surface area contributed by atoms with Crippen LogP contribution in [0.15, 0.2) is 48.2 Å². The zero-order chi connectivity index (χ0) is 15.1. The Labute approximate surface area is 128 Å². The summed E-state index contributed by atoms with van der Waals surface area (Å²) in [5.74, 6) is 0.0908. The van der Waals surface area contributed by atoms with Gasteiger partial charge in [0.1, 0.15) is 5.70 Å². The first-order chi connectivity index (χ1) is 10.7. The van der Waals surface area contributed by atoms with E-state index in [4.69, 9.17) is 0 Å². The number of anilines is 1. The molecule has 5 heteroatoms. The fraction of sp³-hybridized carbons (Fsp3) is 0.294. The zero-order valence-electron chi connectivity index (χ0n) is 12.1. The van der Waals surface area contributed by atoms with Crippen LogP contribution in [0.3, 0.4) is 0 Å². The average molecular weight is 295 g/mol. The van der Waals surface area contributed by atoms with E-state index in [1.165, 1.54) is 0 Å². The minimum atomic E-state index is -0.936. The number of carboxylic acids is 1. The third kappa shape index (κ3) is 2.01. The van der Waals surface area contributed by atoms with Crippen molar-refractivity contribution in [3.8, 4) is 0 Å². The van der Waals surface area contributed by atoms with E-state index in [-0.39, 0.29) is 11.7 Å². The molecule has 0 amide bonds. The summed E-state index contributed by atoms with van der Waals surface area (Å²) in [7, 11) is 0. The number of imidazole rings is 1. The molecule has 0 fully saturated rings. The second-order valence-corrected chi connectivity index (χ2v) is 5.84. The summed E-state index contributed by atoms with van der Waals surface area (Å²) in [6, 6.07) is 7.97. The van der Waals surface area contributed by atoms with Crippen molar-refractivity contribution >= 4 is 23.0 Å². The number of nitrogens with zero attached hydrogens (tertiary/aromatic N) is 2. The number of allylic oxidation sites excluding steroid dienone is 3. The summed E-state index contributed by atoms with van der Waals surface area (Å²) < 4.78 is 2.14. The summed E-state index contributed by atoms with van der Waals surface area (Å²) in [5.41, 5.74) is 2.16. The van der Waals surface area contributed by atoms with Crippen LogP contribution in [0.5, 0.6) is 0 Å². The highest BCUT2D eigenvalue weighted by atomic mass is 16.4. The molecule has 0 radical (unpaired) electrons. The molecule has 1 aliphatic heterocycles. The van der Waals surface area contributed by atoms with Crippen molar-refractivity contribution in [2.24, 2.45) is 5.92 Å². The van der Waals surface area contributed by atoms with Gasteiger partial charge >= 0.3 is 5.97 Å². The lowest BCUT2D eigenvalue weighted by Gasteiger charge is -2.31. The van der Waals surface area contributed by atoms with Gasteiger partial charge in [0.2, 0.25) is 5.95 Å². The van der Waals surface area contributed by atoms with Crippen molar-refractivity contribution in [3.63, 3.8) is 0 Å². The number of benzene rings is 1. The largest absolute Gasteiger partial charge is 0.477 e. The Morgan fingerprint density at radius 2 is 2.18 bits per heavy atom. The molecule has 1 aromatic carbocycles. The molecule has 22 heavy (non-hydrogen) atoms. The first-order valence-corrected chi connectivity index (χ1v) is 7.58. The van der Waals surface area contributed by atoms with Crippen LogP contribution in [-0.2, 0) is 4.79 Å². The predicted octanol–water partition coefficient (Wildman–Crippen LogP) is 3.33. The summed E-state index contributed by atoms with van der Waals surface area (Å²) in [6.45, 7) is 0. The Hall–Kier alpha value is -2.56. The molecule has 0 saturated heterocycles. The molecule has 112 valence electrons. The number of carboxylic acid groups (broad SMARTS) is 1. The van der Waals surface area contributed by atoms with E-state index in [2.05, 4.69) is 27.0 Å². The Bertz CT molecular complexity index is 803. The molecule has 2 aromatic rings. The normalized spacial score (nSPS) is 23.7. The molecule has 0 spiro atoms. The van der Waals surface area contributed by atoms with E-state index >= 15 is 0 Å². The van der Waals surface area contributed by atoms with E-state index in [0.717, 1.165) is 30.3 Å². The van der Waals surface area contributed by atoms with Crippen molar-refractivity contribution in [3.05, 3.63) is 48.2 Å². The highest BCUT2D eigenvalue weighted by Gasteiger charge is 2.31. The van der Waals surface area contributed by atoms with Gasteiger partial charge in [0.15, 0.2) is 0 Å². The molecule has 4 rings (SSSR count). The summed E-state index contributed by atoms with van der Waals surface area (Å²) >= 11 is 0. The highest BCUT2D eigenvalue weighted by Crippen LogP contribution is 2.38. The Morgan fingerprint density at radius 1 is 1.32 bits per heavy atom. The second-order valence-electron chi connectivity index (χ2n) is 5.84. The monoisotopic (exact) mass is 295 g/mol. The second kappa shape index (κ2) is 5.02. The van der Waals surface area contributed by atoms with Crippen molar-refractivity contribution in [1.82, 2.24) is 9.55 Å². The van der Waals surface area contributed by atoms with Gasteiger partial charge in [-0.3, -0.25) is 0 Å². The van der Waals surface area contributed by atoms with E-state index in [9.17, 15) is 9.90 Å². The predicted molar refractivity (Wildman–Crippen MR) is 84.6 cm³/mol. The van der Waals surface area contributed by atoms with Gasteiger partial charge in [0.25, 0.3) is 0 Å². The van der Waals surface area contributed by atoms with Gasteiger partial charge in [0.05, 0.1) is 17.1 Å². The zero-order valence-corrected chi connectivity index (χ0v) is 12.1. The molecule has 0 unspecified atom stereocenters. The van der Waals surface area contributed by atoms with Crippen LogP contribution in [0, 0.1) is 5.92 Å². The molecule has 2 heterocycles. The minimum absolute atomic E-state index is 0.0275. The van der Waals surface area contributed by atoms with E-state index < -0.39 is 5.97 Å². The van der Waals surface area contributed by atoms with Crippen molar-refractivity contribution in [2.75, 3.05) is 5.32 Å². The number of rotatable bonds is 2. The number of hydrogen-bond acceptors (Lipinski definition) is 3. The number of aromatic nitrogens is 2. The van der Waals surface area contributed by atoms with Crippen LogP contribution in [0.4, 0.5) is 5.95 Å². The van der Waals surface area contributed by atoms with Crippen LogP contribution in [0.25, 0.3) is 11.0 Å². The average Bonchev–Trinajstić information content (AvgIpc) is 2.93. The van der Waals surface area contributed by atoms with Gasteiger partial charge in [-0.1, -0.05) is 24.3 Å². The first-order valence-electron chi connectivity index (χ1n) is 7.58. The molecule has 2 atom stereocenters. The molecule has 1 aliphatic carbocycles. The lowest BCUT2D eigenvalue weighted by Crippen LogP contribution is -2.27. The maximum absolute atomic E-state index is 11.4. The quantitative estimate of drug-likeness (QED) is 0.834. The molecule has 0 bridgehead atoms. The van der Waals surface area contributed by atoms with Crippen molar-refractivity contribution < 1.29 is 9.90 Å². The van der Waals surface area contributed by atoms with Gasteiger partial charge in [-0.05, 0) is 43.4 Å². The number of nitrogens with one attached hydrogen (secondary N) is 1. The van der Waals surface area contributed by atoms with Gasteiger partial charge in [-0.15, -0.1) is 0 Å². The number of para-hydroxylation sites is 2. The number of aliphatic carboxylic acids is 1. The Balaban J connectivity index is 1.87. The smallest absolute Gasteiger partial charge is 0.352 e. The summed E-state index contributed by atoms with van der Waals surface area (Å²) in [4.78, 5) is 16.0. The van der Waals surface area contributed by atoms with Gasteiger partial charge in [-0.25, -0.2) is 9.78 Å². The molecule has 0 saturated carbocycles. The van der Waals surface area contributed by atoms with Gasteiger partial charge in [-0.2, -0.15) is 0 Å². The fourth-order valence-corrected chi connectivity index (χ4v) is 3.44. The van der Waals surface area contributed by atoms with E-state index in [1.807, 2.05) is 30.3 Å². The topological polar surface area (TPSA) is 67.1 Å². The van der Waals surface area contributed by atoms with E-state index in [1.54, 1.807) is 0 Å². The fourth-order valence-electron chi connectivity index (χ4n) is 3.44. The lowest BCUT2D eigenvalue weighted by atomic mass is 9.86. The van der Waals surface area contributed by atoms with Crippen molar-refractivity contribution in [2.45, 2.75) is 25.3 Å². The van der Waals surface area contributed by atoms with Gasteiger partial charge in [0, 0.05) is 0 Å². The van der Waals surface area contributed by atoms with Gasteiger partial charge < -0.3 is 15.0 Å². The van der Waals surface area contributed by atoms with Crippen LogP contribution < -0.4 is 5.32 Å². The number of fused-ring (bicyclic) bond motifs is 3. The molecule has 5 nitrogen and oxygen atoms in total. The summed E-state index contributed by atoms with van der Waals surface area (Å²) in [5, 5.41) is 12.3. The van der Waals surface area contributed by atoms with Crippen LogP contribution in [0.1, 0.15) is 25.3 Å². The Morgan fingerprint density at radius 3 is 2.95 bits per heavy atom. The van der Waals surface area contributed by atoms with E-state index in [0.29, 0.717) is 11.9 Å². The molecule has 1 aromatic heterocycles. The van der Waals surface area contributed by atoms with Crippen molar-refractivity contribution in [1.29, 1.82) is 0 Å². The molecular weight excluding hydrogens is 278 g/mol. The standard InChI is InChI=1S/C17H17N3O2/c21-16(22)13-10-15(11-6-2-1-3-7-11)20-14-9-5-4-8-12(14)18-17(20)19-13/h1-2,4-5,8-11,15H,3,6-7H2,(H,18,19)(H,21,22)/t11-,15+/m0/s1. The third-order valence-corrected chi connectivity index (χ3v) is 4.50. The van der Waals surface area contributed by atoms with Crippen LogP contribution in [-0.4, -0.2) is 20.6 Å². The highest BCUT2D eigenvalue weighted by molar-refractivity contribution is 5.91. The number of hydrogen-bond donors (Lipinski definition) is 2. The van der Waals surface area contributed by atoms with Crippen LogP contribution in [0.2, 0.25) is 0 Å². The molecular formula is C17H17N3O2. The minimum Gasteiger partial charge on any atom is -0.477 e. The first kappa shape index (κ1) is 13.1.